The average Bonchev–Trinajstić information content (AvgIpc) is 2.49. The third kappa shape index (κ3) is 3.45. The van der Waals surface area contributed by atoms with Crippen molar-refractivity contribution in [3.8, 4) is 0 Å². The molecule has 3 rings (SSSR count). The first-order valence-corrected chi connectivity index (χ1v) is 8.43. The number of rotatable bonds is 3. The van der Waals surface area contributed by atoms with E-state index < -0.39 is 24.5 Å². The number of carboxylic acid groups (broad SMARTS) is 1. The summed E-state index contributed by atoms with van der Waals surface area (Å²) in [4.78, 5) is 13.4. The Hall–Kier alpha value is -1.35. The second-order valence-corrected chi connectivity index (χ2v) is 6.90. The number of nitrogens with zero attached hydrogens (tertiary/aromatic N) is 1. The predicted octanol–water partition coefficient (Wildman–Crippen LogP) is 1.36. The lowest BCUT2D eigenvalue weighted by molar-refractivity contribution is -0.144. The molecule has 1 aromatic carbocycles. The fraction of sp³-hybridized carbons (Fsp3) is 0.533. The predicted molar refractivity (Wildman–Crippen MR) is 89.1 cm³/mol. The monoisotopic (exact) mass is 385 g/mol. The van der Waals surface area contributed by atoms with Gasteiger partial charge in [-0.1, -0.05) is 22.4 Å². The van der Waals surface area contributed by atoms with Crippen molar-refractivity contribution >= 4 is 33.3 Å². The Morgan fingerprint density at radius 3 is 2.74 bits per heavy atom. The average molecular weight is 386 g/mol. The maximum atomic E-state index is 11.5. The van der Waals surface area contributed by atoms with E-state index in [1.54, 1.807) is 0 Å². The molecule has 1 aromatic rings. The molecule has 3 unspecified atom stereocenters. The zero-order valence-electron chi connectivity index (χ0n) is 12.5. The summed E-state index contributed by atoms with van der Waals surface area (Å²) in [6.07, 6.45) is 0.353. The van der Waals surface area contributed by atoms with Crippen molar-refractivity contribution in [3.05, 3.63) is 22.2 Å². The molecular formula is C15H20BrN3O4. The van der Waals surface area contributed by atoms with Gasteiger partial charge in [-0.2, -0.15) is 0 Å². The summed E-state index contributed by atoms with van der Waals surface area (Å²) < 4.78 is 0.827. The molecule has 23 heavy (non-hydrogen) atoms. The first-order valence-electron chi connectivity index (χ1n) is 7.64. The highest BCUT2D eigenvalue weighted by Gasteiger charge is 2.31. The zero-order valence-corrected chi connectivity index (χ0v) is 14.1. The molecule has 8 heteroatoms. The fourth-order valence-electron chi connectivity index (χ4n) is 3.22. The molecule has 0 spiro atoms. The number of aliphatic hydroxyl groups excluding tert-OH is 2. The topological polar surface area (TPSA) is 105 Å². The third-order valence-corrected chi connectivity index (χ3v) is 4.81. The minimum Gasteiger partial charge on any atom is -0.480 e. The van der Waals surface area contributed by atoms with E-state index in [-0.39, 0.29) is 0 Å². The summed E-state index contributed by atoms with van der Waals surface area (Å²) in [7, 11) is 0. The van der Waals surface area contributed by atoms with E-state index in [1.807, 2.05) is 17.0 Å². The van der Waals surface area contributed by atoms with E-state index in [4.69, 9.17) is 0 Å². The van der Waals surface area contributed by atoms with Crippen LogP contribution in [0.25, 0.3) is 0 Å². The smallest absolute Gasteiger partial charge is 0.320 e. The summed E-state index contributed by atoms with van der Waals surface area (Å²) in [5, 5.41) is 34.7. The van der Waals surface area contributed by atoms with Crippen molar-refractivity contribution in [2.75, 3.05) is 17.2 Å². The molecule has 1 saturated heterocycles. The highest BCUT2D eigenvalue weighted by atomic mass is 79.9. The summed E-state index contributed by atoms with van der Waals surface area (Å²) in [5.41, 5.74) is 2.25. The molecule has 3 atom stereocenters. The molecule has 0 saturated carbocycles. The van der Waals surface area contributed by atoms with Gasteiger partial charge in [0.2, 0.25) is 0 Å². The number of carbonyl (C=O) groups is 1. The van der Waals surface area contributed by atoms with Crippen LogP contribution in [-0.4, -0.2) is 51.2 Å². The van der Waals surface area contributed by atoms with Crippen LogP contribution >= 0.6 is 15.9 Å². The number of hydrogen-bond donors (Lipinski definition) is 5. The molecule has 2 heterocycles. The molecule has 0 aromatic heterocycles. The number of aliphatic carboxylic acids is 1. The summed E-state index contributed by atoms with van der Waals surface area (Å²) in [6, 6.07) is 3.24. The van der Waals surface area contributed by atoms with Crippen LogP contribution in [-0.2, 0) is 11.3 Å². The Kier molecular flexibility index (Phi) is 4.77. The van der Waals surface area contributed by atoms with Crippen LogP contribution in [0.3, 0.4) is 0 Å². The van der Waals surface area contributed by atoms with Crippen LogP contribution < -0.4 is 10.6 Å². The number of fused-ring (bicyclic) bond motifs is 1. The molecule has 1 fully saturated rings. The molecule has 0 bridgehead atoms. The molecule has 2 aliphatic rings. The van der Waals surface area contributed by atoms with Gasteiger partial charge >= 0.3 is 5.97 Å². The van der Waals surface area contributed by atoms with Gasteiger partial charge in [-0.3, -0.25) is 9.69 Å². The van der Waals surface area contributed by atoms with Crippen LogP contribution in [0.1, 0.15) is 24.8 Å². The van der Waals surface area contributed by atoms with Crippen molar-refractivity contribution in [2.45, 2.75) is 44.3 Å². The fourth-order valence-corrected chi connectivity index (χ4v) is 3.72. The number of carboxylic acids is 1. The van der Waals surface area contributed by atoms with Crippen molar-refractivity contribution in [3.63, 3.8) is 0 Å². The van der Waals surface area contributed by atoms with Crippen molar-refractivity contribution < 1.29 is 20.1 Å². The van der Waals surface area contributed by atoms with Crippen molar-refractivity contribution in [2.24, 2.45) is 0 Å². The van der Waals surface area contributed by atoms with Gasteiger partial charge in [-0.25, -0.2) is 0 Å². The van der Waals surface area contributed by atoms with Gasteiger partial charge in [0.25, 0.3) is 0 Å². The lowest BCUT2D eigenvalue weighted by atomic mass is 10.00. The first kappa shape index (κ1) is 16.5. The Morgan fingerprint density at radius 2 is 2.00 bits per heavy atom. The van der Waals surface area contributed by atoms with Gasteiger partial charge < -0.3 is 26.0 Å². The molecular weight excluding hydrogens is 366 g/mol. The second-order valence-electron chi connectivity index (χ2n) is 5.99. The third-order valence-electron chi connectivity index (χ3n) is 4.35. The number of nitrogens with one attached hydrogen (secondary N) is 2. The molecule has 0 aliphatic carbocycles. The van der Waals surface area contributed by atoms with Crippen LogP contribution in [0, 0.1) is 0 Å². The number of anilines is 2. The summed E-state index contributed by atoms with van der Waals surface area (Å²) in [5.74, 6) is -0.796. The second kappa shape index (κ2) is 6.64. The van der Waals surface area contributed by atoms with Gasteiger partial charge in [0.05, 0.1) is 11.4 Å². The highest BCUT2D eigenvalue weighted by Crippen LogP contribution is 2.36. The number of halogens is 1. The maximum Gasteiger partial charge on any atom is 0.320 e. The first-order chi connectivity index (χ1) is 11.0. The molecule has 7 nitrogen and oxygen atoms in total. The van der Waals surface area contributed by atoms with Gasteiger partial charge in [-0.05, 0) is 37.1 Å². The van der Waals surface area contributed by atoms with Crippen LogP contribution in [0.4, 0.5) is 11.4 Å². The summed E-state index contributed by atoms with van der Waals surface area (Å²) >= 11 is 3.44. The van der Waals surface area contributed by atoms with Gasteiger partial charge in [0, 0.05) is 11.0 Å². The van der Waals surface area contributed by atoms with Gasteiger partial charge in [-0.15, -0.1) is 0 Å². The van der Waals surface area contributed by atoms with E-state index in [0.717, 1.165) is 29.4 Å². The standard InChI is InChI=1S/C15H20BrN3O4/c16-9-5-8(7-19-4-2-1-3-11(19)15(22)23)12-10(6-9)17-13(20)14(21)18-12/h5-6,11,13-14,17-18,20-21H,1-4,7H2,(H,22,23). The summed E-state index contributed by atoms with van der Waals surface area (Å²) in [6.45, 7) is 1.20. The Balaban J connectivity index is 1.89. The normalized spacial score (nSPS) is 27.7. The van der Waals surface area contributed by atoms with Crippen LogP contribution in [0.15, 0.2) is 16.6 Å². The number of piperidine rings is 1. The number of likely N-dealkylation sites (tertiary alicyclic amines) is 1. The molecule has 5 N–H and O–H groups in total. The highest BCUT2D eigenvalue weighted by molar-refractivity contribution is 9.10. The quantitative estimate of drug-likeness (QED) is 0.534. The molecule has 126 valence electrons. The molecule has 0 amide bonds. The largest absolute Gasteiger partial charge is 0.480 e. The minimum atomic E-state index is -1.11. The van der Waals surface area contributed by atoms with E-state index in [9.17, 15) is 20.1 Å². The number of aliphatic hydroxyl groups is 2. The lowest BCUT2D eigenvalue weighted by Gasteiger charge is -2.35. The number of hydrogen-bond acceptors (Lipinski definition) is 6. The lowest BCUT2D eigenvalue weighted by Crippen LogP contribution is -2.45. The Bertz CT molecular complexity index is 613. The van der Waals surface area contributed by atoms with Gasteiger partial charge in [0.15, 0.2) is 12.5 Å². The van der Waals surface area contributed by atoms with E-state index in [2.05, 4.69) is 26.6 Å². The van der Waals surface area contributed by atoms with E-state index in [0.29, 0.717) is 24.3 Å². The van der Waals surface area contributed by atoms with Crippen LogP contribution in [0.5, 0.6) is 0 Å². The van der Waals surface area contributed by atoms with E-state index >= 15 is 0 Å². The minimum absolute atomic E-state index is 0.468. The Morgan fingerprint density at radius 1 is 1.26 bits per heavy atom. The van der Waals surface area contributed by atoms with Crippen molar-refractivity contribution in [1.29, 1.82) is 0 Å². The van der Waals surface area contributed by atoms with E-state index in [1.165, 1.54) is 0 Å². The van der Waals surface area contributed by atoms with Gasteiger partial charge in [0.1, 0.15) is 6.04 Å². The molecule has 0 radical (unpaired) electrons. The Labute approximate surface area is 142 Å². The number of benzene rings is 1. The SMILES string of the molecule is O=C(O)C1CCCCN1Cc1cc(Br)cc2c1NC(O)C(O)N2. The maximum absolute atomic E-state index is 11.5. The van der Waals surface area contributed by atoms with Crippen LogP contribution in [0.2, 0.25) is 0 Å². The van der Waals surface area contributed by atoms with Crippen molar-refractivity contribution in [1.82, 2.24) is 4.90 Å². The molecule has 2 aliphatic heterocycles. The zero-order chi connectivity index (χ0) is 16.6.